The summed E-state index contributed by atoms with van der Waals surface area (Å²) in [4.78, 5) is 1.09. The molecule has 0 N–H and O–H groups in total. The van der Waals surface area contributed by atoms with Crippen molar-refractivity contribution < 1.29 is 8.42 Å². The van der Waals surface area contributed by atoms with Gasteiger partial charge in [0.05, 0.1) is 16.7 Å². The first-order chi connectivity index (χ1) is 9.95. The fourth-order valence-electron chi connectivity index (χ4n) is 1.78. The van der Waals surface area contributed by atoms with E-state index < -0.39 is 10.0 Å². The van der Waals surface area contributed by atoms with E-state index >= 15 is 0 Å². The Kier molecular flexibility index (Phi) is 5.01. The summed E-state index contributed by atoms with van der Waals surface area (Å²) in [5.41, 5.74) is 0.268. The number of rotatable bonds is 5. The second-order valence-corrected chi connectivity index (χ2v) is 7.87. The van der Waals surface area contributed by atoms with Gasteiger partial charge in [0.25, 0.3) is 0 Å². The number of nitriles is 1. The molecule has 0 spiro atoms. The number of halogens is 1. The molecule has 1 aromatic heterocycles. The topological polar surface area (TPSA) is 61.2 Å². The molecular weight excluding hydrogens is 328 g/mol. The third kappa shape index (κ3) is 3.63. The molecule has 0 saturated carbocycles. The Balaban J connectivity index is 2.23. The van der Waals surface area contributed by atoms with Crippen LogP contribution in [0.2, 0.25) is 5.02 Å². The predicted molar refractivity (Wildman–Crippen MR) is 84.0 cm³/mol. The molecule has 0 saturated heterocycles. The molecule has 0 aliphatic heterocycles. The molecule has 110 valence electrons. The molecule has 0 radical (unpaired) electrons. The second-order valence-electron chi connectivity index (χ2n) is 4.41. The smallest absolute Gasteiger partial charge is 0.207 e. The van der Waals surface area contributed by atoms with Gasteiger partial charge in [-0.15, -0.1) is 11.3 Å². The van der Waals surface area contributed by atoms with Gasteiger partial charge in [0.1, 0.15) is 4.90 Å². The average molecular weight is 341 g/mol. The fraction of sp³-hybridized carbons (Fsp3) is 0.214. The first-order valence-electron chi connectivity index (χ1n) is 6.13. The maximum absolute atomic E-state index is 12.5. The number of hydrogen-bond acceptors (Lipinski definition) is 4. The molecule has 0 aliphatic carbocycles. The van der Waals surface area contributed by atoms with E-state index in [9.17, 15) is 8.42 Å². The van der Waals surface area contributed by atoms with E-state index in [2.05, 4.69) is 0 Å². The van der Waals surface area contributed by atoms with Gasteiger partial charge >= 0.3 is 0 Å². The standard InChI is InChI=1S/C14H13ClN2O2S2/c1-17(7-6-12-3-2-8-20-12)21(18,19)14-9-11(10-16)4-5-13(14)15/h2-5,8-9H,6-7H2,1H3. The maximum Gasteiger partial charge on any atom is 0.244 e. The van der Waals surface area contributed by atoms with Gasteiger partial charge in [0, 0.05) is 18.5 Å². The molecular formula is C14H13ClN2O2S2. The van der Waals surface area contributed by atoms with Crippen LogP contribution < -0.4 is 0 Å². The first kappa shape index (κ1) is 16.0. The lowest BCUT2D eigenvalue weighted by Gasteiger charge is -2.17. The Labute approximate surface area is 133 Å². The Morgan fingerprint density at radius 1 is 1.38 bits per heavy atom. The van der Waals surface area contributed by atoms with Gasteiger partial charge < -0.3 is 0 Å². The summed E-state index contributed by atoms with van der Waals surface area (Å²) in [5.74, 6) is 0. The molecule has 0 fully saturated rings. The lowest BCUT2D eigenvalue weighted by Crippen LogP contribution is -2.29. The van der Waals surface area contributed by atoms with Crippen molar-refractivity contribution >= 4 is 33.0 Å². The molecule has 21 heavy (non-hydrogen) atoms. The molecule has 7 heteroatoms. The summed E-state index contributed by atoms with van der Waals surface area (Å²) < 4.78 is 26.3. The highest BCUT2D eigenvalue weighted by atomic mass is 35.5. The molecule has 2 rings (SSSR count). The zero-order valence-electron chi connectivity index (χ0n) is 11.3. The molecule has 2 aromatic rings. The number of thiophene rings is 1. The summed E-state index contributed by atoms with van der Waals surface area (Å²) >= 11 is 7.56. The minimum absolute atomic E-state index is 0.0307. The predicted octanol–water partition coefficient (Wildman–Crippen LogP) is 3.14. The molecule has 0 aliphatic rings. The Bertz CT molecular complexity index is 765. The highest BCUT2D eigenvalue weighted by Gasteiger charge is 2.23. The monoisotopic (exact) mass is 340 g/mol. The van der Waals surface area contributed by atoms with Crippen LogP contribution in [0.15, 0.2) is 40.6 Å². The first-order valence-corrected chi connectivity index (χ1v) is 8.83. The van der Waals surface area contributed by atoms with E-state index in [0.717, 1.165) is 4.88 Å². The lowest BCUT2D eigenvalue weighted by molar-refractivity contribution is 0.473. The number of hydrogen-bond donors (Lipinski definition) is 0. The van der Waals surface area contributed by atoms with Crippen LogP contribution in [-0.2, 0) is 16.4 Å². The van der Waals surface area contributed by atoms with Crippen molar-refractivity contribution in [1.29, 1.82) is 5.26 Å². The normalized spacial score (nSPS) is 11.5. The van der Waals surface area contributed by atoms with E-state index in [1.165, 1.54) is 29.6 Å². The fourth-order valence-corrected chi connectivity index (χ4v) is 4.15. The molecule has 1 heterocycles. The summed E-state index contributed by atoms with van der Waals surface area (Å²) in [6.07, 6.45) is 0.642. The van der Waals surface area contributed by atoms with Gasteiger partial charge in [-0.05, 0) is 36.1 Å². The van der Waals surface area contributed by atoms with Crippen LogP contribution in [0.5, 0.6) is 0 Å². The molecule has 1 aromatic carbocycles. The van der Waals surface area contributed by atoms with Crippen molar-refractivity contribution in [2.24, 2.45) is 0 Å². The van der Waals surface area contributed by atoms with Gasteiger partial charge in [-0.2, -0.15) is 5.26 Å². The summed E-state index contributed by atoms with van der Waals surface area (Å²) in [7, 11) is -2.19. The van der Waals surface area contributed by atoms with Crippen LogP contribution in [0, 0.1) is 11.3 Å². The summed E-state index contributed by atoms with van der Waals surface area (Å²) in [5, 5.41) is 11.0. The van der Waals surface area contributed by atoms with Gasteiger partial charge in [-0.1, -0.05) is 17.7 Å². The van der Waals surface area contributed by atoms with Gasteiger partial charge in [-0.25, -0.2) is 12.7 Å². The highest BCUT2D eigenvalue weighted by Crippen LogP contribution is 2.25. The van der Waals surface area contributed by atoms with Crippen LogP contribution >= 0.6 is 22.9 Å². The molecule has 4 nitrogen and oxygen atoms in total. The third-order valence-corrected chi connectivity index (χ3v) is 6.28. The number of likely N-dealkylation sites (N-methyl/N-ethyl adjacent to an activating group) is 1. The maximum atomic E-state index is 12.5. The van der Waals surface area contributed by atoms with Gasteiger partial charge in [-0.3, -0.25) is 0 Å². The van der Waals surface area contributed by atoms with Crippen LogP contribution in [0.3, 0.4) is 0 Å². The van der Waals surface area contributed by atoms with Gasteiger partial charge in [0.15, 0.2) is 0 Å². The largest absolute Gasteiger partial charge is 0.244 e. The summed E-state index contributed by atoms with van der Waals surface area (Å²) in [6.45, 7) is 0.357. The lowest BCUT2D eigenvalue weighted by atomic mass is 10.2. The average Bonchev–Trinajstić information content (AvgIpc) is 2.98. The SMILES string of the molecule is CN(CCc1cccs1)S(=O)(=O)c1cc(C#N)ccc1Cl. The van der Waals surface area contributed by atoms with Crippen LogP contribution in [0.4, 0.5) is 0 Å². The van der Waals surface area contributed by atoms with Crippen molar-refractivity contribution in [3.05, 3.63) is 51.2 Å². The number of sulfonamides is 1. The molecule has 0 amide bonds. The summed E-state index contributed by atoms with van der Waals surface area (Å²) in [6, 6.07) is 10.0. The van der Waals surface area contributed by atoms with Crippen molar-refractivity contribution in [3.8, 4) is 6.07 Å². The number of nitrogens with zero attached hydrogens (tertiary/aromatic N) is 2. The zero-order chi connectivity index (χ0) is 15.5. The van der Waals surface area contributed by atoms with Crippen molar-refractivity contribution in [2.75, 3.05) is 13.6 Å². The third-order valence-electron chi connectivity index (χ3n) is 3.00. The second kappa shape index (κ2) is 6.58. The molecule has 0 atom stereocenters. The number of benzene rings is 1. The molecule has 0 bridgehead atoms. The highest BCUT2D eigenvalue weighted by molar-refractivity contribution is 7.89. The Morgan fingerprint density at radius 2 is 2.14 bits per heavy atom. The van der Waals surface area contributed by atoms with E-state index in [1.807, 2.05) is 23.6 Å². The minimum atomic E-state index is -3.70. The Morgan fingerprint density at radius 3 is 2.76 bits per heavy atom. The minimum Gasteiger partial charge on any atom is -0.207 e. The van der Waals surface area contributed by atoms with E-state index in [-0.39, 0.29) is 15.5 Å². The zero-order valence-corrected chi connectivity index (χ0v) is 13.7. The van der Waals surface area contributed by atoms with Crippen LogP contribution in [-0.4, -0.2) is 26.3 Å². The molecule has 0 unspecified atom stereocenters. The van der Waals surface area contributed by atoms with E-state index in [4.69, 9.17) is 16.9 Å². The van der Waals surface area contributed by atoms with Crippen LogP contribution in [0.25, 0.3) is 0 Å². The quantitative estimate of drug-likeness (QED) is 0.840. The van der Waals surface area contributed by atoms with Crippen molar-refractivity contribution in [2.45, 2.75) is 11.3 Å². The van der Waals surface area contributed by atoms with Crippen molar-refractivity contribution in [1.82, 2.24) is 4.31 Å². The Hall–Kier alpha value is -1.39. The van der Waals surface area contributed by atoms with Crippen LogP contribution in [0.1, 0.15) is 10.4 Å². The van der Waals surface area contributed by atoms with Crippen molar-refractivity contribution in [3.63, 3.8) is 0 Å². The van der Waals surface area contributed by atoms with Gasteiger partial charge in [0.2, 0.25) is 10.0 Å². The van der Waals surface area contributed by atoms with E-state index in [0.29, 0.717) is 13.0 Å². The van der Waals surface area contributed by atoms with E-state index in [1.54, 1.807) is 11.3 Å².